The Bertz CT molecular complexity index is 142. The van der Waals surface area contributed by atoms with Crippen molar-refractivity contribution in [2.24, 2.45) is 17.8 Å². The molecule has 0 N–H and O–H groups in total. The molecule has 98 valence electrons. The fraction of sp³-hybridized carbons (Fsp3) is 1.00. The van der Waals surface area contributed by atoms with E-state index in [2.05, 4.69) is 36.9 Å². The fourth-order valence-corrected chi connectivity index (χ4v) is 3.02. The highest BCUT2D eigenvalue weighted by Gasteiger charge is 2.06. The van der Waals surface area contributed by atoms with Gasteiger partial charge in [0.15, 0.2) is 0 Å². The molecule has 1 heteroatoms. The first-order chi connectivity index (χ1) is 7.56. The summed E-state index contributed by atoms with van der Waals surface area (Å²) in [5.74, 6) is 2.80. The van der Waals surface area contributed by atoms with E-state index in [1.165, 1.54) is 51.1 Å². The number of rotatable bonds is 10. The summed E-state index contributed by atoms with van der Waals surface area (Å²) in [5, 5.41) is 0. The van der Waals surface area contributed by atoms with E-state index < -0.39 is 0 Å². The highest BCUT2D eigenvalue weighted by Crippen LogP contribution is 2.20. The van der Waals surface area contributed by atoms with Gasteiger partial charge in [-0.25, -0.2) is 0 Å². The van der Waals surface area contributed by atoms with Crippen LogP contribution in [0.5, 0.6) is 0 Å². The fourth-order valence-electron chi connectivity index (χ4n) is 2.33. The van der Waals surface area contributed by atoms with E-state index in [4.69, 9.17) is 0 Å². The van der Waals surface area contributed by atoms with Gasteiger partial charge in [0, 0.05) is 0 Å². The van der Waals surface area contributed by atoms with Crippen molar-refractivity contribution in [2.45, 2.75) is 72.6 Å². The lowest BCUT2D eigenvalue weighted by molar-refractivity contribution is 0.398. The first-order valence-electron chi connectivity index (χ1n) is 7.35. The van der Waals surface area contributed by atoms with Gasteiger partial charge in [0.2, 0.25) is 0 Å². The second-order valence-electron chi connectivity index (χ2n) is 6.11. The van der Waals surface area contributed by atoms with Gasteiger partial charge in [0.05, 0.1) is 6.16 Å². The molecule has 0 aromatic rings. The molecular weight excluding hydrogens is 211 g/mol. The van der Waals surface area contributed by atoms with Crippen LogP contribution in [0.25, 0.3) is 0 Å². The van der Waals surface area contributed by atoms with Crippen LogP contribution in [0.3, 0.4) is 0 Å². The van der Waals surface area contributed by atoms with E-state index >= 15 is 0 Å². The molecule has 16 heavy (non-hydrogen) atoms. The third-order valence-corrected chi connectivity index (χ3v) is 3.98. The molecule has 0 saturated carbocycles. The molecule has 0 aromatic carbocycles. The molecule has 0 bridgehead atoms. The molecule has 0 fully saturated rings. The van der Waals surface area contributed by atoms with Gasteiger partial charge in [-0.05, 0) is 33.4 Å². The first kappa shape index (κ1) is 16.4. The maximum absolute atomic E-state index is 2.44. The summed E-state index contributed by atoms with van der Waals surface area (Å²) in [6.45, 7) is 9.51. The van der Waals surface area contributed by atoms with Crippen LogP contribution in [0, 0.1) is 17.8 Å². The smallest absolute Gasteiger partial charge is 0.0529 e. The van der Waals surface area contributed by atoms with E-state index in [1.807, 2.05) is 0 Å². The quantitative estimate of drug-likeness (QED) is 0.461. The van der Waals surface area contributed by atoms with Crippen LogP contribution in [0.15, 0.2) is 0 Å². The highest BCUT2D eigenvalue weighted by molar-refractivity contribution is 7.16. The zero-order valence-corrected chi connectivity index (χ0v) is 13.5. The summed E-state index contributed by atoms with van der Waals surface area (Å²) in [6, 6.07) is 0. The van der Waals surface area contributed by atoms with Crippen molar-refractivity contribution < 1.29 is 0 Å². The van der Waals surface area contributed by atoms with Crippen molar-refractivity contribution >= 4 is 9.24 Å². The Morgan fingerprint density at radius 2 is 1.12 bits per heavy atom. The molecule has 0 heterocycles. The highest BCUT2D eigenvalue weighted by atomic mass is 31.0. The maximum Gasteiger partial charge on any atom is 0.0529 e. The molecule has 0 saturated heterocycles. The van der Waals surface area contributed by atoms with Gasteiger partial charge >= 0.3 is 0 Å². The topological polar surface area (TPSA) is 0 Å². The molecule has 0 amide bonds. The van der Waals surface area contributed by atoms with Crippen molar-refractivity contribution in [2.75, 3.05) is 6.16 Å². The van der Waals surface area contributed by atoms with Crippen LogP contribution in [-0.2, 0) is 0 Å². The Labute approximate surface area is 106 Å². The predicted octanol–water partition coefficient (Wildman–Crippen LogP) is 5.25. The minimum Gasteiger partial charge on any atom is -0.0628 e. The Hall–Kier alpha value is 0.430. The van der Waals surface area contributed by atoms with Crippen LogP contribution in [-0.4, -0.2) is 6.16 Å². The molecule has 0 aliphatic heterocycles. The van der Waals surface area contributed by atoms with E-state index in [-0.39, 0.29) is 0 Å². The second-order valence-corrected chi connectivity index (χ2v) is 6.82. The lowest BCUT2D eigenvalue weighted by Gasteiger charge is -2.14. The van der Waals surface area contributed by atoms with Gasteiger partial charge in [-0.3, -0.25) is 0 Å². The van der Waals surface area contributed by atoms with Gasteiger partial charge in [-0.15, -0.1) is 0 Å². The molecule has 0 radical (unpaired) electrons. The van der Waals surface area contributed by atoms with E-state index in [0.717, 1.165) is 17.8 Å². The molecule has 0 aromatic heterocycles. The molecule has 0 aliphatic carbocycles. The SMILES string of the molecule is CC(C)CCCC(C)CCCC(C)CC[PH3+]. The summed E-state index contributed by atoms with van der Waals surface area (Å²) in [4.78, 5) is 0. The van der Waals surface area contributed by atoms with Crippen LogP contribution in [0.4, 0.5) is 0 Å². The normalized spacial score (nSPS) is 15.6. The largest absolute Gasteiger partial charge is 0.0628 e. The van der Waals surface area contributed by atoms with Crippen molar-refractivity contribution in [3.8, 4) is 0 Å². The van der Waals surface area contributed by atoms with Crippen molar-refractivity contribution in [3.63, 3.8) is 0 Å². The summed E-state index contributed by atoms with van der Waals surface area (Å²) in [6.07, 6.45) is 11.5. The van der Waals surface area contributed by atoms with Gasteiger partial charge in [0.1, 0.15) is 0 Å². The molecule has 0 spiro atoms. The Balaban J connectivity index is 3.32. The minimum absolute atomic E-state index is 0.887. The van der Waals surface area contributed by atoms with Gasteiger partial charge in [-0.1, -0.05) is 66.2 Å². The Kier molecular flexibility index (Phi) is 10.9. The Morgan fingerprint density at radius 3 is 1.56 bits per heavy atom. The monoisotopic (exact) mass is 245 g/mol. The molecule has 3 atom stereocenters. The summed E-state index contributed by atoms with van der Waals surface area (Å²) in [5.41, 5.74) is 0. The van der Waals surface area contributed by atoms with E-state index in [0.29, 0.717) is 0 Å². The van der Waals surface area contributed by atoms with Crippen LogP contribution in [0.1, 0.15) is 72.6 Å². The predicted molar refractivity (Wildman–Crippen MR) is 81.5 cm³/mol. The van der Waals surface area contributed by atoms with Crippen LogP contribution in [0.2, 0.25) is 0 Å². The maximum atomic E-state index is 2.44. The number of hydrogen-bond donors (Lipinski definition) is 0. The van der Waals surface area contributed by atoms with Gasteiger partial charge < -0.3 is 0 Å². The third-order valence-electron chi connectivity index (χ3n) is 3.57. The minimum atomic E-state index is 0.887. The molecular formula is C15H34P+. The van der Waals surface area contributed by atoms with Crippen LogP contribution < -0.4 is 0 Å². The van der Waals surface area contributed by atoms with Crippen molar-refractivity contribution in [1.29, 1.82) is 0 Å². The summed E-state index contributed by atoms with van der Waals surface area (Å²) < 4.78 is 0. The number of hydrogen-bond acceptors (Lipinski definition) is 0. The van der Waals surface area contributed by atoms with Crippen molar-refractivity contribution in [1.82, 2.24) is 0 Å². The average Bonchev–Trinajstić information content (AvgIpc) is 2.17. The molecule has 0 aliphatic rings. The van der Waals surface area contributed by atoms with Gasteiger partial charge in [0.25, 0.3) is 0 Å². The Morgan fingerprint density at radius 1 is 0.688 bits per heavy atom. The lowest BCUT2D eigenvalue weighted by Crippen LogP contribution is -2.00. The summed E-state index contributed by atoms with van der Waals surface area (Å²) >= 11 is 0. The van der Waals surface area contributed by atoms with Crippen molar-refractivity contribution in [3.05, 3.63) is 0 Å². The zero-order chi connectivity index (χ0) is 12.4. The third kappa shape index (κ3) is 10.9. The molecule has 0 rings (SSSR count). The van der Waals surface area contributed by atoms with Crippen LogP contribution >= 0.6 is 9.24 Å². The molecule has 3 unspecified atom stereocenters. The van der Waals surface area contributed by atoms with E-state index in [1.54, 1.807) is 0 Å². The molecule has 0 nitrogen and oxygen atoms in total. The summed E-state index contributed by atoms with van der Waals surface area (Å²) in [7, 11) is 2.12. The van der Waals surface area contributed by atoms with Gasteiger partial charge in [-0.2, -0.15) is 0 Å². The average molecular weight is 245 g/mol. The second kappa shape index (κ2) is 10.6. The standard InChI is InChI=1S/C15H33P/c1-13(2)7-5-8-14(3)9-6-10-15(4)11-12-16/h13-15H,5-12,16H2,1-4H3/p+1. The zero-order valence-electron chi connectivity index (χ0n) is 12.1. The lowest BCUT2D eigenvalue weighted by atomic mass is 9.93. The first-order valence-corrected chi connectivity index (χ1v) is 8.35. The van der Waals surface area contributed by atoms with E-state index in [9.17, 15) is 0 Å².